The monoisotopic (exact) mass is 982 g/mol. The second-order valence-corrected chi connectivity index (χ2v) is 20.3. The molecular formula is C59H100NO8P. The molecule has 394 valence electrons. The summed E-state index contributed by atoms with van der Waals surface area (Å²) in [7, 11) is 1.15. The number of nitrogens with zero attached hydrogens (tertiary/aromatic N) is 1. The number of esters is 2. The van der Waals surface area contributed by atoms with Crippen LogP contribution in [0.25, 0.3) is 0 Å². The SMILES string of the molecule is CC/C=C\C/C=C\C/C=C\C/C=C\C/C=C\C/C=C\C/C=C\C/C=C\C/C=C\CCCCCCCCCCCCCC(=O)OC(COC(=O)CCCCCCCC)COP(=O)([O-])OCC[N+](C)(C)C. The highest BCUT2D eigenvalue weighted by Gasteiger charge is 2.21. The zero-order valence-electron chi connectivity index (χ0n) is 44.5. The lowest BCUT2D eigenvalue weighted by atomic mass is 10.0. The third kappa shape index (κ3) is 53.9. The van der Waals surface area contributed by atoms with Crippen LogP contribution in [0.2, 0.25) is 0 Å². The van der Waals surface area contributed by atoms with Gasteiger partial charge in [0.05, 0.1) is 27.7 Å². The molecule has 10 heteroatoms. The van der Waals surface area contributed by atoms with Crippen molar-refractivity contribution in [3.8, 4) is 0 Å². The number of carbonyl (C=O) groups excluding carboxylic acids is 2. The highest BCUT2D eigenvalue weighted by Crippen LogP contribution is 2.38. The van der Waals surface area contributed by atoms with E-state index in [1.54, 1.807) is 0 Å². The Morgan fingerprint density at radius 2 is 0.826 bits per heavy atom. The molecule has 2 unspecified atom stereocenters. The first-order valence-corrected chi connectivity index (χ1v) is 28.6. The van der Waals surface area contributed by atoms with Crippen molar-refractivity contribution >= 4 is 19.8 Å². The van der Waals surface area contributed by atoms with Gasteiger partial charge in [0.15, 0.2) is 6.10 Å². The van der Waals surface area contributed by atoms with Crippen molar-refractivity contribution in [2.45, 2.75) is 206 Å². The van der Waals surface area contributed by atoms with Crippen LogP contribution in [-0.2, 0) is 32.7 Å². The molecule has 0 radical (unpaired) electrons. The van der Waals surface area contributed by atoms with E-state index in [1.807, 2.05) is 21.1 Å². The Morgan fingerprint density at radius 1 is 0.464 bits per heavy atom. The van der Waals surface area contributed by atoms with Gasteiger partial charge in [-0.05, 0) is 83.5 Å². The van der Waals surface area contributed by atoms with E-state index in [4.69, 9.17) is 18.5 Å². The van der Waals surface area contributed by atoms with Crippen molar-refractivity contribution in [3.05, 3.63) is 109 Å². The maximum absolute atomic E-state index is 12.7. The Kier molecular flexibility index (Phi) is 47.2. The lowest BCUT2D eigenvalue weighted by molar-refractivity contribution is -0.870. The number of likely N-dealkylation sites (N-methyl/N-ethyl adjacent to an activating group) is 1. The minimum atomic E-state index is -4.62. The van der Waals surface area contributed by atoms with E-state index in [-0.39, 0.29) is 26.1 Å². The van der Waals surface area contributed by atoms with Gasteiger partial charge in [-0.25, -0.2) is 0 Å². The van der Waals surface area contributed by atoms with Gasteiger partial charge < -0.3 is 27.9 Å². The van der Waals surface area contributed by atoms with Crippen LogP contribution in [0.1, 0.15) is 200 Å². The minimum absolute atomic E-state index is 0.0349. The fraction of sp³-hybridized carbons (Fsp3) is 0.661. The number of hydrogen-bond donors (Lipinski definition) is 0. The summed E-state index contributed by atoms with van der Waals surface area (Å²) in [5, 5.41) is 0. The predicted octanol–water partition coefficient (Wildman–Crippen LogP) is 16.0. The average Bonchev–Trinajstić information content (AvgIpc) is 3.31. The summed E-state index contributed by atoms with van der Waals surface area (Å²) in [5.74, 6) is -0.853. The lowest BCUT2D eigenvalue weighted by Crippen LogP contribution is -2.37. The molecule has 0 saturated heterocycles. The zero-order valence-corrected chi connectivity index (χ0v) is 45.4. The second-order valence-electron chi connectivity index (χ2n) is 18.9. The van der Waals surface area contributed by atoms with Crippen LogP contribution in [0, 0.1) is 0 Å². The summed E-state index contributed by atoms with van der Waals surface area (Å²) in [4.78, 5) is 37.4. The van der Waals surface area contributed by atoms with Gasteiger partial charge in [0.2, 0.25) is 0 Å². The minimum Gasteiger partial charge on any atom is -0.756 e. The number of phosphoric ester groups is 1. The molecule has 9 nitrogen and oxygen atoms in total. The summed E-state index contributed by atoms with van der Waals surface area (Å²) < 4.78 is 33.8. The molecule has 0 N–H and O–H groups in total. The van der Waals surface area contributed by atoms with E-state index < -0.39 is 32.5 Å². The fourth-order valence-corrected chi connectivity index (χ4v) is 7.61. The zero-order chi connectivity index (χ0) is 50.6. The molecule has 0 aliphatic heterocycles. The molecule has 2 atom stereocenters. The Balaban J connectivity index is 3.96. The number of hydrogen-bond acceptors (Lipinski definition) is 8. The fourth-order valence-electron chi connectivity index (χ4n) is 6.88. The molecule has 0 bridgehead atoms. The van der Waals surface area contributed by atoms with Gasteiger partial charge in [-0.3, -0.25) is 14.2 Å². The molecule has 0 spiro atoms. The number of phosphoric acid groups is 1. The third-order valence-electron chi connectivity index (χ3n) is 11.1. The van der Waals surface area contributed by atoms with Crippen LogP contribution >= 0.6 is 7.82 Å². The largest absolute Gasteiger partial charge is 0.756 e. The molecule has 0 aliphatic carbocycles. The molecule has 0 rings (SSSR count). The van der Waals surface area contributed by atoms with Crippen LogP contribution < -0.4 is 4.89 Å². The van der Waals surface area contributed by atoms with Gasteiger partial charge in [-0.1, -0.05) is 213 Å². The summed E-state index contributed by atoms with van der Waals surface area (Å²) in [5.41, 5.74) is 0. The number of quaternary nitrogens is 1. The third-order valence-corrected chi connectivity index (χ3v) is 12.0. The molecule has 69 heavy (non-hydrogen) atoms. The second kappa shape index (κ2) is 49.6. The van der Waals surface area contributed by atoms with E-state index >= 15 is 0 Å². The molecule has 0 aromatic heterocycles. The van der Waals surface area contributed by atoms with Gasteiger partial charge in [0.1, 0.15) is 19.8 Å². The van der Waals surface area contributed by atoms with Crippen molar-refractivity contribution in [2.24, 2.45) is 0 Å². The van der Waals surface area contributed by atoms with E-state index in [2.05, 4.69) is 123 Å². The first kappa shape index (κ1) is 65.7. The molecular weight excluding hydrogens is 882 g/mol. The van der Waals surface area contributed by atoms with Crippen LogP contribution in [0.3, 0.4) is 0 Å². The predicted molar refractivity (Wildman–Crippen MR) is 291 cm³/mol. The van der Waals surface area contributed by atoms with E-state index in [9.17, 15) is 19.0 Å². The van der Waals surface area contributed by atoms with Gasteiger partial charge in [0, 0.05) is 12.8 Å². The molecule has 0 amide bonds. The van der Waals surface area contributed by atoms with Crippen molar-refractivity contribution in [1.82, 2.24) is 0 Å². The normalized spacial score (nSPS) is 14.2. The highest BCUT2D eigenvalue weighted by molar-refractivity contribution is 7.45. The first-order chi connectivity index (χ1) is 33.5. The molecule has 0 saturated carbocycles. The van der Waals surface area contributed by atoms with Crippen molar-refractivity contribution in [3.63, 3.8) is 0 Å². The van der Waals surface area contributed by atoms with Crippen molar-refractivity contribution in [1.29, 1.82) is 0 Å². The van der Waals surface area contributed by atoms with E-state index in [1.165, 1.54) is 51.4 Å². The Morgan fingerprint density at radius 3 is 1.23 bits per heavy atom. The van der Waals surface area contributed by atoms with Crippen LogP contribution in [-0.4, -0.2) is 70.0 Å². The quantitative estimate of drug-likeness (QED) is 0.0195. The lowest BCUT2D eigenvalue weighted by Gasteiger charge is -2.28. The topological polar surface area (TPSA) is 111 Å². The van der Waals surface area contributed by atoms with E-state index in [0.29, 0.717) is 17.4 Å². The number of rotatable bonds is 48. The summed E-state index contributed by atoms with van der Waals surface area (Å²) in [6.07, 6.45) is 69.0. The van der Waals surface area contributed by atoms with Gasteiger partial charge in [-0.15, -0.1) is 0 Å². The number of allylic oxidation sites excluding steroid dienone is 18. The highest BCUT2D eigenvalue weighted by atomic mass is 31.2. The van der Waals surface area contributed by atoms with Crippen LogP contribution in [0.5, 0.6) is 0 Å². The Hall–Kier alpha value is -3.33. The Labute approximate surface area is 423 Å². The maximum atomic E-state index is 12.7. The van der Waals surface area contributed by atoms with Gasteiger partial charge >= 0.3 is 11.9 Å². The summed E-state index contributed by atoms with van der Waals surface area (Å²) in [6, 6.07) is 0. The number of unbranched alkanes of at least 4 members (excludes halogenated alkanes) is 16. The van der Waals surface area contributed by atoms with Crippen LogP contribution in [0.15, 0.2) is 109 Å². The summed E-state index contributed by atoms with van der Waals surface area (Å²) in [6.45, 7) is 4.02. The van der Waals surface area contributed by atoms with Gasteiger partial charge in [0.25, 0.3) is 7.82 Å². The molecule has 0 aromatic rings. The number of ether oxygens (including phenoxy) is 2. The maximum Gasteiger partial charge on any atom is 0.306 e. The number of carbonyl (C=O) groups is 2. The van der Waals surface area contributed by atoms with Crippen molar-refractivity contribution < 1.29 is 42.1 Å². The first-order valence-electron chi connectivity index (χ1n) is 27.1. The standard InChI is InChI=1S/C59H100NO8P/c1-6-8-10-12-14-15-16-17-18-19-20-21-22-23-24-25-26-27-28-29-30-31-32-33-34-35-36-37-38-39-40-41-42-43-44-45-46-48-50-52-59(62)68-57(55-65-58(61)51-49-47-13-11-9-7-2)56-67-69(63,64)66-54-53-60(3,4)5/h8,10,14-15,17-18,20-21,23-24,26-27,29-30,32-33,35-36,57H,6-7,9,11-13,16,19,22,25,28,31,34,37-56H2,1-5H3/b10-8-,15-14-,18-17-,21-20-,24-23-,27-26-,30-29-,33-32-,36-35-. The molecule has 0 aromatic carbocycles. The molecule has 0 fully saturated rings. The molecule has 0 heterocycles. The smallest absolute Gasteiger partial charge is 0.306 e. The van der Waals surface area contributed by atoms with Gasteiger partial charge in [-0.2, -0.15) is 0 Å². The van der Waals surface area contributed by atoms with Crippen LogP contribution in [0.4, 0.5) is 0 Å². The van der Waals surface area contributed by atoms with E-state index in [0.717, 1.165) is 116 Å². The average molecular weight is 982 g/mol. The molecule has 0 aliphatic rings. The van der Waals surface area contributed by atoms with Crippen molar-refractivity contribution in [2.75, 3.05) is 47.5 Å². The summed E-state index contributed by atoms with van der Waals surface area (Å²) >= 11 is 0. The Bertz CT molecular complexity index is 1530.